The number of imidazole rings is 1. The van der Waals surface area contributed by atoms with Crippen LogP contribution in [0.2, 0.25) is 10.0 Å². The van der Waals surface area contributed by atoms with Crippen molar-refractivity contribution in [2.75, 3.05) is 0 Å². The van der Waals surface area contributed by atoms with Gasteiger partial charge in [0.2, 0.25) is 0 Å². The van der Waals surface area contributed by atoms with Crippen molar-refractivity contribution in [2.45, 2.75) is 13.5 Å². The fourth-order valence-electron chi connectivity index (χ4n) is 3.09. The van der Waals surface area contributed by atoms with Gasteiger partial charge in [0, 0.05) is 0 Å². The Morgan fingerprint density at radius 3 is 2.71 bits per heavy atom. The van der Waals surface area contributed by atoms with Gasteiger partial charge in [-0.15, -0.1) is 0 Å². The third-order valence-corrected chi connectivity index (χ3v) is 6.02. The molecule has 4 aromatic rings. The van der Waals surface area contributed by atoms with E-state index in [9.17, 15) is 5.26 Å². The third-order valence-electron chi connectivity index (χ3n) is 4.66. The second kappa shape index (κ2) is 9.15. The first-order valence-electron chi connectivity index (χ1n) is 9.38. The fourth-order valence-corrected chi connectivity index (χ4v) is 3.92. The van der Waals surface area contributed by atoms with Crippen LogP contribution >= 0.6 is 39.1 Å². The molecule has 0 saturated carbocycles. The maximum absolute atomic E-state index is 9.66. The van der Waals surface area contributed by atoms with Gasteiger partial charge in [0.15, 0.2) is 0 Å². The van der Waals surface area contributed by atoms with Crippen LogP contribution in [-0.4, -0.2) is 9.97 Å². The van der Waals surface area contributed by atoms with Crippen molar-refractivity contribution >= 4 is 61.8 Å². The van der Waals surface area contributed by atoms with E-state index in [1.807, 2.05) is 49.4 Å². The van der Waals surface area contributed by atoms with Gasteiger partial charge in [-0.25, -0.2) is 4.98 Å². The normalized spacial score (nSPS) is 11.5. The quantitative estimate of drug-likeness (QED) is 0.280. The van der Waals surface area contributed by atoms with Gasteiger partial charge >= 0.3 is 0 Å². The number of nitriles is 1. The van der Waals surface area contributed by atoms with Crippen LogP contribution < -0.4 is 4.74 Å². The molecule has 0 fully saturated rings. The summed E-state index contributed by atoms with van der Waals surface area (Å²) in [5, 5.41) is 10.7. The van der Waals surface area contributed by atoms with Gasteiger partial charge in [-0.05, 0) is 82.0 Å². The number of hydrogen-bond acceptors (Lipinski definition) is 3. The van der Waals surface area contributed by atoms with E-state index in [2.05, 4.69) is 32.0 Å². The van der Waals surface area contributed by atoms with Crippen LogP contribution in [0.25, 0.3) is 22.7 Å². The predicted molar refractivity (Wildman–Crippen MR) is 129 cm³/mol. The second-order valence-electron chi connectivity index (χ2n) is 7.00. The standard InChI is InChI=1S/C24H16BrCl2N3O/c1-14-2-6-21-22(8-14)30-24(29-21)17(12-28)9-15-4-7-23(18(25)10-15)31-13-16-3-5-19(26)20(27)11-16/h2-11H,13H2,1H3,(H,29,30)/b17-9-. The molecule has 0 amide bonds. The minimum Gasteiger partial charge on any atom is -0.488 e. The van der Waals surface area contributed by atoms with E-state index in [0.717, 1.165) is 32.2 Å². The Morgan fingerprint density at radius 2 is 1.97 bits per heavy atom. The Morgan fingerprint density at radius 1 is 1.13 bits per heavy atom. The van der Waals surface area contributed by atoms with E-state index >= 15 is 0 Å². The monoisotopic (exact) mass is 511 g/mol. The highest BCUT2D eigenvalue weighted by molar-refractivity contribution is 9.10. The fraction of sp³-hybridized carbons (Fsp3) is 0.0833. The molecule has 0 unspecified atom stereocenters. The summed E-state index contributed by atoms with van der Waals surface area (Å²) < 4.78 is 6.66. The lowest BCUT2D eigenvalue weighted by Crippen LogP contribution is -1.96. The number of aromatic nitrogens is 2. The lowest BCUT2D eigenvalue weighted by molar-refractivity contribution is 0.304. The smallest absolute Gasteiger partial charge is 0.149 e. The van der Waals surface area contributed by atoms with Crippen molar-refractivity contribution in [1.29, 1.82) is 5.26 Å². The Kier molecular flexibility index (Phi) is 6.33. The number of fused-ring (bicyclic) bond motifs is 1. The van der Waals surface area contributed by atoms with Crippen LogP contribution in [-0.2, 0) is 6.61 Å². The van der Waals surface area contributed by atoms with Crippen molar-refractivity contribution in [3.8, 4) is 11.8 Å². The Balaban J connectivity index is 1.54. The molecule has 31 heavy (non-hydrogen) atoms. The van der Waals surface area contributed by atoms with Crippen LogP contribution in [0.3, 0.4) is 0 Å². The molecule has 0 saturated heterocycles. The van der Waals surface area contributed by atoms with Crippen LogP contribution in [0.1, 0.15) is 22.5 Å². The number of halogens is 3. The number of H-pyrrole nitrogens is 1. The number of nitrogens with one attached hydrogen (secondary N) is 1. The van der Waals surface area contributed by atoms with Crippen LogP contribution in [0.15, 0.2) is 59.1 Å². The molecular formula is C24H16BrCl2N3O. The number of rotatable bonds is 5. The summed E-state index contributed by atoms with van der Waals surface area (Å²) in [6.45, 7) is 2.37. The van der Waals surface area contributed by atoms with E-state index in [1.54, 1.807) is 18.2 Å². The topological polar surface area (TPSA) is 61.7 Å². The molecule has 0 radical (unpaired) electrons. The number of allylic oxidation sites excluding steroid dienone is 1. The van der Waals surface area contributed by atoms with Gasteiger partial charge in [-0.1, -0.05) is 41.4 Å². The molecule has 4 rings (SSSR count). The zero-order valence-corrected chi connectivity index (χ0v) is 19.5. The molecular weight excluding hydrogens is 497 g/mol. The highest BCUT2D eigenvalue weighted by Gasteiger charge is 2.10. The molecule has 0 atom stereocenters. The maximum atomic E-state index is 9.66. The molecule has 1 heterocycles. The summed E-state index contributed by atoms with van der Waals surface area (Å²) in [4.78, 5) is 7.76. The summed E-state index contributed by atoms with van der Waals surface area (Å²) >= 11 is 15.6. The summed E-state index contributed by atoms with van der Waals surface area (Å²) in [5.41, 5.74) is 5.08. The average molecular weight is 513 g/mol. The first kappa shape index (κ1) is 21.5. The SMILES string of the molecule is Cc1ccc2nc(/C(C#N)=C\c3ccc(OCc4ccc(Cl)c(Cl)c4)c(Br)c3)[nH]c2c1. The molecule has 7 heteroatoms. The van der Waals surface area contributed by atoms with Gasteiger partial charge in [0.25, 0.3) is 0 Å². The molecule has 1 aromatic heterocycles. The van der Waals surface area contributed by atoms with E-state index in [1.165, 1.54) is 0 Å². The highest BCUT2D eigenvalue weighted by Crippen LogP contribution is 2.30. The van der Waals surface area contributed by atoms with Crippen molar-refractivity contribution in [1.82, 2.24) is 9.97 Å². The number of ether oxygens (including phenoxy) is 1. The van der Waals surface area contributed by atoms with Crippen molar-refractivity contribution < 1.29 is 4.74 Å². The number of aromatic amines is 1. The Hall–Kier alpha value is -2.78. The van der Waals surface area contributed by atoms with Crippen molar-refractivity contribution in [2.24, 2.45) is 0 Å². The van der Waals surface area contributed by atoms with Crippen LogP contribution in [0.5, 0.6) is 5.75 Å². The van der Waals surface area contributed by atoms with Crippen molar-refractivity contribution in [3.05, 3.63) is 91.6 Å². The van der Waals surface area contributed by atoms with Crippen LogP contribution in [0, 0.1) is 18.3 Å². The molecule has 0 bridgehead atoms. The van der Waals surface area contributed by atoms with Gasteiger partial charge in [-0.2, -0.15) is 5.26 Å². The van der Waals surface area contributed by atoms with E-state index < -0.39 is 0 Å². The average Bonchev–Trinajstić information content (AvgIpc) is 3.16. The second-order valence-corrected chi connectivity index (χ2v) is 8.67. The maximum Gasteiger partial charge on any atom is 0.149 e. The lowest BCUT2D eigenvalue weighted by Gasteiger charge is -2.10. The first-order chi connectivity index (χ1) is 14.9. The summed E-state index contributed by atoms with van der Waals surface area (Å²) in [5.74, 6) is 1.22. The van der Waals surface area contributed by atoms with Gasteiger partial charge in [0.05, 0.1) is 31.1 Å². The minimum atomic E-state index is 0.354. The molecule has 0 spiro atoms. The molecule has 4 nitrogen and oxygen atoms in total. The zero-order valence-electron chi connectivity index (χ0n) is 16.4. The number of aryl methyl sites for hydroxylation is 1. The summed E-state index contributed by atoms with van der Waals surface area (Å²) in [6.07, 6.45) is 1.79. The van der Waals surface area contributed by atoms with Gasteiger partial charge in [0.1, 0.15) is 24.3 Å². The lowest BCUT2D eigenvalue weighted by atomic mass is 10.1. The summed E-state index contributed by atoms with van der Waals surface area (Å²) in [6, 6.07) is 19.2. The zero-order chi connectivity index (χ0) is 22.0. The van der Waals surface area contributed by atoms with Crippen LogP contribution in [0.4, 0.5) is 0 Å². The first-order valence-corrected chi connectivity index (χ1v) is 10.9. The molecule has 1 N–H and O–H groups in total. The molecule has 0 aliphatic carbocycles. The highest BCUT2D eigenvalue weighted by atomic mass is 79.9. The third kappa shape index (κ3) is 4.94. The van der Waals surface area contributed by atoms with Crippen molar-refractivity contribution in [3.63, 3.8) is 0 Å². The van der Waals surface area contributed by atoms with Gasteiger partial charge < -0.3 is 9.72 Å². The molecule has 154 valence electrons. The van der Waals surface area contributed by atoms with E-state index in [0.29, 0.717) is 33.8 Å². The summed E-state index contributed by atoms with van der Waals surface area (Å²) in [7, 11) is 0. The minimum absolute atomic E-state index is 0.354. The van der Waals surface area contributed by atoms with E-state index in [4.69, 9.17) is 27.9 Å². The Labute approximate surface area is 198 Å². The Bertz CT molecular complexity index is 1350. The molecule has 0 aliphatic rings. The number of hydrogen-bond donors (Lipinski definition) is 1. The number of nitrogens with zero attached hydrogens (tertiary/aromatic N) is 2. The number of benzene rings is 3. The van der Waals surface area contributed by atoms with E-state index in [-0.39, 0.29) is 0 Å². The molecule has 3 aromatic carbocycles. The van der Waals surface area contributed by atoms with Gasteiger partial charge in [-0.3, -0.25) is 0 Å². The molecule has 0 aliphatic heterocycles. The predicted octanol–water partition coefficient (Wildman–Crippen LogP) is 7.58. The largest absolute Gasteiger partial charge is 0.488 e.